The van der Waals surface area contributed by atoms with Gasteiger partial charge in [0.1, 0.15) is 0 Å². The fourth-order valence-electron chi connectivity index (χ4n) is 4.53. The molecule has 1 fully saturated rings. The third-order valence-electron chi connectivity index (χ3n) is 6.18. The highest BCUT2D eigenvalue weighted by atomic mass is 16.1. The summed E-state index contributed by atoms with van der Waals surface area (Å²) in [5, 5.41) is 17.0. The van der Waals surface area contributed by atoms with Crippen LogP contribution in [0.25, 0.3) is 21.7 Å². The number of carbonyl (C=O) groups excluding carboxylic acids is 1. The molecule has 1 amide bonds. The molecule has 0 spiro atoms. The van der Waals surface area contributed by atoms with E-state index in [1.165, 1.54) is 0 Å². The first kappa shape index (κ1) is 18.5. The highest BCUT2D eigenvalue weighted by Gasteiger charge is 2.26. The molecule has 0 aliphatic heterocycles. The van der Waals surface area contributed by atoms with Crippen LogP contribution in [0.3, 0.4) is 0 Å². The van der Waals surface area contributed by atoms with Crippen molar-refractivity contribution in [2.45, 2.75) is 37.6 Å². The zero-order chi connectivity index (χ0) is 20.7. The molecule has 2 aromatic heterocycles. The molecule has 7 heteroatoms. The molecule has 2 aromatic carbocycles. The lowest BCUT2D eigenvalue weighted by molar-refractivity contribution is 0.0926. The predicted molar refractivity (Wildman–Crippen MR) is 116 cm³/mol. The summed E-state index contributed by atoms with van der Waals surface area (Å²) in [6.45, 7) is 0. The second-order valence-corrected chi connectivity index (χ2v) is 8.05. The van der Waals surface area contributed by atoms with Gasteiger partial charge in [0.15, 0.2) is 0 Å². The molecule has 0 unspecified atom stereocenters. The number of nitrogens with zero attached hydrogens (tertiary/aromatic N) is 3. The molecule has 1 aliphatic rings. The molecule has 2 N–H and O–H groups in total. The van der Waals surface area contributed by atoms with Crippen molar-refractivity contribution >= 4 is 27.6 Å². The Morgan fingerprint density at radius 1 is 1.10 bits per heavy atom. The van der Waals surface area contributed by atoms with Crippen molar-refractivity contribution in [2.75, 3.05) is 0 Å². The molecule has 0 atom stereocenters. The van der Waals surface area contributed by atoms with E-state index in [2.05, 4.69) is 20.6 Å². The molecule has 30 heavy (non-hydrogen) atoms. The maximum atomic E-state index is 12.7. The number of hydrogen-bond acceptors (Lipinski definition) is 4. The summed E-state index contributed by atoms with van der Waals surface area (Å²) in [5.74, 6) is 0.239. The molecular formula is C23H23N5O2. The van der Waals surface area contributed by atoms with Gasteiger partial charge in [0, 0.05) is 35.3 Å². The van der Waals surface area contributed by atoms with Crippen LogP contribution in [0, 0.1) is 0 Å². The molecule has 1 saturated carbocycles. The minimum Gasteiger partial charge on any atom is -0.349 e. The Morgan fingerprint density at radius 2 is 1.87 bits per heavy atom. The van der Waals surface area contributed by atoms with E-state index in [0.717, 1.165) is 47.7 Å². The summed E-state index contributed by atoms with van der Waals surface area (Å²) in [6, 6.07) is 13.4. The van der Waals surface area contributed by atoms with E-state index >= 15 is 0 Å². The summed E-state index contributed by atoms with van der Waals surface area (Å²) < 4.78 is 1.80. The zero-order valence-electron chi connectivity index (χ0n) is 16.8. The molecule has 0 saturated heterocycles. The zero-order valence-corrected chi connectivity index (χ0v) is 16.8. The second-order valence-electron chi connectivity index (χ2n) is 8.05. The monoisotopic (exact) mass is 401 g/mol. The van der Waals surface area contributed by atoms with Gasteiger partial charge >= 0.3 is 0 Å². The van der Waals surface area contributed by atoms with Gasteiger partial charge in [0.05, 0.1) is 22.8 Å². The molecule has 152 valence electrons. The molecule has 7 nitrogen and oxygen atoms in total. The number of fused-ring (bicyclic) bond motifs is 2. The number of aromatic amines is 1. The third-order valence-corrected chi connectivity index (χ3v) is 6.18. The Kier molecular flexibility index (Phi) is 4.58. The summed E-state index contributed by atoms with van der Waals surface area (Å²) in [5.41, 5.74) is 2.47. The third kappa shape index (κ3) is 3.26. The number of carbonyl (C=O) groups is 1. The summed E-state index contributed by atoms with van der Waals surface area (Å²) in [4.78, 5) is 24.8. The minimum atomic E-state index is -0.152. The van der Waals surface area contributed by atoms with Crippen molar-refractivity contribution in [3.63, 3.8) is 0 Å². The average molecular weight is 401 g/mol. The highest BCUT2D eigenvalue weighted by Crippen LogP contribution is 2.34. The van der Waals surface area contributed by atoms with E-state index in [0.29, 0.717) is 10.9 Å². The number of benzene rings is 2. The van der Waals surface area contributed by atoms with E-state index in [1.807, 2.05) is 49.5 Å². The molecule has 2 heterocycles. The van der Waals surface area contributed by atoms with Crippen molar-refractivity contribution in [2.24, 2.45) is 7.05 Å². The lowest BCUT2D eigenvalue weighted by Gasteiger charge is -2.29. The van der Waals surface area contributed by atoms with Gasteiger partial charge in [0.2, 0.25) is 0 Å². The van der Waals surface area contributed by atoms with E-state index in [-0.39, 0.29) is 23.4 Å². The first-order valence-corrected chi connectivity index (χ1v) is 10.3. The number of hydrogen-bond donors (Lipinski definition) is 2. The number of rotatable bonds is 3. The van der Waals surface area contributed by atoms with Crippen LogP contribution >= 0.6 is 0 Å². The van der Waals surface area contributed by atoms with Crippen LogP contribution in [0.4, 0.5) is 0 Å². The average Bonchev–Trinajstić information content (AvgIpc) is 3.15. The molecule has 0 radical (unpaired) electrons. The highest BCUT2D eigenvalue weighted by molar-refractivity contribution is 5.98. The Morgan fingerprint density at radius 3 is 2.67 bits per heavy atom. The summed E-state index contributed by atoms with van der Waals surface area (Å²) in [6.07, 6.45) is 5.41. The lowest BCUT2D eigenvalue weighted by Crippen LogP contribution is -2.37. The molecule has 1 aliphatic carbocycles. The number of amides is 1. The predicted octanol–water partition coefficient (Wildman–Crippen LogP) is 3.27. The largest absolute Gasteiger partial charge is 0.349 e. The standard InChI is InChI=1S/C23H23N5O2/c1-28-20-11-8-15(12-16(20)13-24-28)22(29)25-17-9-6-14(7-10-17)21-18-4-2-3-5-19(18)23(30)27-26-21/h2-5,8,11-14,17H,6-7,9-10H2,1H3,(H,25,29)(H,27,30)/t14-,17-. The van der Waals surface area contributed by atoms with Gasteiger partial charge in [-0.25, -0.2) is 5.10 Å². The Balaban J connectivity index is 1.27. The molecule has 4 aromatic rings. The van der Waals surface area contributed by atoms with Gasteiger partial charge in [-0.15, -0.1) is 0 Å². The first-order chi connectivity index (χ1) is 14.6. The number of aromatic nitrogens is 4. The fraction of sp³-hybridized carbons (Fsp3) is 0.304. The second kappa shape index (κ2) is 7.40. The minimum absolute atomic E-state index is 0.0446. The van der Waals surface area contributed by atoms with Crippen LogP contribution in [0.5, 0.6) is 0 Å². The van der Waals surface area contributed by atoms with E-state index in [9.17, 15) is 9.59 Å². The summed E-state index contributed by atoms with van der Waals surface area (Å²) >= 11 is 0. The van der Waals surface area contributed by atoms with Gasteiger partial charge in [-0.05, 0) is 49.9 Å². The van der Waals surface area contributed by atoms with Gasteiger partial charge in [-0.2, -0.15) is 10.2 Å². The van der Waals surface area contributed by atoms with Crippen LogP contribution in [-0.4, -0.2) is 31.9 Å². The Labute approximate surface area is 173 Å². The van der Waals surface area contributed by atoms with E-state index < -0.39 is 0 Å². The van der Waals surface area contributed by atoms with E-state index in [4.69, 9.17) is 0 Å². The van der Waals surface area contributed by atoms with Crippen LogP contribution in [-0.2, 0) is 7.05 Å². The lowest BCUT2D eigenvalue weighted by atomic mass is 9.82. The smallest absolute Gasteiger partial charge is 0.272 e. The Hall–Kier alpha value is -3.48. The van der Waals surface area contributed by atoms with Crippen LogP contribution in [0.15, 0.2) is 53.5 Å². The van der Waals surface area contributed by atoms with Crippen molar-refractivity contribution in [1.29, 1.82) is 0 Å². The van der Waals surface area contributed by atoms with Crippen molar-refractivity contribution < 1.29 is 4.79 Å². The maximum absolute atomic E-state index is 12.7. The molecule has 0 bridgehead atoms. The fourth-order valence-corrected chi connectivity index (χ4v) is 4.53. The SMILES string of the molecule is Cn1ncc2cc(C(=O)N[C@H]3CC[C@H](c4n[nH]c(=O)c5ccccc54)CC3)ccc21. The van der Waals surface area contributed by atoms with Gasteiger partial charge in [-0.3, -0.25) is 14.3 Å². The van der Waals surface area contributed by atoms with Crippen molar-refractivity contribution in [3.8, 4) is 0 Å². The van der Waals surface area contributed by atoms with Crippen molar-refractivity contribution in [3.05, 3.63) is 70.3 Å². The van der Waals surface area contributed by atoms with Crippen molar-refractivity contribution in [1.82, 2.24) is 25.3 Å². The van der Waals surface area contributed by atoms with E-state index in [1.54, 1.807) is 10.9 Å². The van der Waals surface area contributed by atoms with Gasteiger partial charge in [-0.1, -0.05) is 18.2 Å². The Bertz CT molecular complexity index is 1300. The number of H-pyrrole nitrogens is 1. The number of aryl methyl sites for hydroxylation is 1. The maximum Gasteiger partial charge on any atom is 0.272 e. The number of nitrogens with one attached hydrogen (secondary N) is 2. The first-order valence-electron chi connectivity index (χ1n) is 10.3. The van der Waals surface area contributed by atoms with Crippen LogP contribution < -0.4 is 10.9 Å². The van der Waals surface area contributed by atoms with Crippen LogP contribution in [0.2, 0.25) is 0 Å². The van der Waals surface area contributed by atoms with Gasteiger partial charge < -0.3 is 5.32 Å². The van der Waals surface area contributed by atoms with Crippen LogP contribution in [0.1, 0.15) is 47.7 Å². The van der Waals surface area contributed by atoms with Gasteiger partial charge in [0.25, 0.3) is 11.5 Å². The molecule has 5 rings (SSSR count). The quantitative estimate of drug-likeness (QED) is 0.551. The topological polar surface area (TPSA) is 92.7 Å². The summed E-state index contributed by atoms with van der Waals surface area (Å²) in [7, 11) is 1.89. The normalized spacial score (nSPS) is 19.2. The molecular weight excluding hydrogens is 378 g/mol.